The maximum Gasteiger partial charge on any atom is 0.238 e. The van der Waals surface area contributed by atoms with E-state index in [1.54, 1.807) is 6.20 Å². The first-order valence-electron chi connectivity index (χ1n) is 6.37. The molecular weight excluding hydrogens is 260 g/mol. The molecule has 100 valence electrons. The molecule has 1 heterocycles. The minimum absolute atomic E-state index is 0.437. The average Bonchev–Trinajstić information content (AvgIpc) is 2.43. The van der Waals surface area contributed by atoms with Gasteiger partial charge in [-0.15, -0.1) is 0 Å². The molecule has 4 heteroatoms. The number of hydrogen-bond acceptors (Lipinski definition) is 3. The van der Waals surface area contributed by atoms with Gasteiger partial charge in [0.05, 0.1) is 0 Å². The van der Waals surface area contributed by atoms with E-state index in [-0.39, 0.29) is 0 Å². The Bertz CT molecular complexity index is 517. The molecule has 0 saturated carbocycles. The number of nitrogens with zero attached hydrogens (tertiary/aromatic N) is 1. The number of para-hydroxylation sites is 1. The predicted octanol–water partition coefficient (Wildman–Crippen LogP) is 4.03. The zero-order valence-electron chi connectivity index (χ0n) is 10.9. The third-order valence-electron chi connectivity index (χ3n) is 2.58. The summed E-state index contributed by atoms with van der Waals surface area (Å²) in [5, 5.41) is 3.84. The van der Waals surface area contributed by atoms with E-state index in [1.807, 2.05) is 36.4 Å². The van der Waals surface area contributed by atoms with Gasteiger partial charge < -0.3 is 10.1 Å². The van der Waals surface area contributed by atoms with E-state index < -0.39 is 0 Å². The van der Waals surface area contributed by atoms with E-state index in [2.05, 4.69) is 17.2 Å². The van der Waals surface area contributed by atoms with Crippen molar-refractivity contribution < 1.29 is 4.74 Å². The Morgan fingerprint density at radius 1 is 1.26 bits per heavy atom. The van der Waals surface area contributed by atoms with E-state index in [0.717, 1.165) is 30.8 Å². The number of benzene rings is 1. The highest BCUT2D eigenvalue weighted by atomic mass is 35.5. The van der Waals surface area contributed by atoms with Crippen LogP contribution in [-0.4, -0.2) is 11.5 Å². The van der Waals surface area contributed by atoms with Crippen molar-refractivity contribution in [1.29, 1.82) is 0 Å². The molecule has 2 rings (SSSR count). The van der Waals surface area contributed by atoms with Gasteiger partial charge in [-0.05, 0) is 36.7 Å². The Morgan fingerprint density at radius 3 is 2.74 bits per heavy atom. The molecule has 0 radical (unpaired) electrons. The highest BCUT2D eigenvalue weighted by Gasteiger charge is 2.06. The van der Waals surface area contributed by atoms with Crippen molar-refractivity contribution in [2.45, 2.75) is 19.9 Å². The molecule has 0 fully saturated rings. The molecule has 3 nitrogen and oxygen atoms in total. The van der Waals surface area contributed by atoms with Gasteiger partial charge in [-0.2, -0.15) is 0 Å². The van der Waals surface area contributed by atoms with Gasteiger partial charge in [0.2, 0.25) is 5.88 Å². The number of pyridine rings is 1. The van der Waals surface area contributed by atoms with E-state index in [4.69, 9.17) is 16.3 Å². The molecule has 0 saturated heterocycles. The topological polar surface area (TPSA) is 34.2 Å². The molecule has 1 aromatic heterocycles. The summed E-state index contributed by atoms with van der Waals surface area (Å²) in [4.78, 5) is 4.26. The second-order valence-corrected chi connectivity index (χ2v) is 4.63. The summed E-state index contributed by atoms with van der Waals surface area (Å²) in [6, 6.07) is 11.4. The van der Waals surface area contributed by atoms with Crippen LogP contribution in [-0.2, 0) is 6.54 Å². The number of nitrogens with one attached hydrogen (secondary N) is 1. The van der Waals surface area contributed by atoms with Crippen LogP contribution < -0.4 is 10.1 Å². The van der Waals surface area contributed by atoms with Crippen LogP contribution >= 0.6 is 11.6 Å². The molecule has 19 heavy (non-hydrogen) atoms. The zero-order valence-corrected chi connectivity index (χ0v) is 11.7. The van der Waals surface area contributed by atoms with Crippen LogP contribution in [0.3, 0.4) is 0 Å². The molecule has 0 atom stereocenters. The smallest absolute Gasteiger partial charge is 0.238 e. The van der Waals surface area contributed by atoms with E-state index >= 15 is 0 Å². The summed E-state index contributed by atoms with van der Waals surface area (Å²) in [6.07, 6.45) is 2.89. The van der Waals surface area contributed by atoms with Crippen molar-refractivity contribution in [2.75, 3.05) is 6.54 Å². The lowest BCUT2D eigenvalue weighted by Gasteiger charge is -2.08. The monoisotopic (exact) mass is 276 g/mol. The van der Waals surface area contributed by atoms with Gasteiger partial charge in [0.25, 0.3) is 0 Å². The van der Waals surface area contributed by atoms with Gasteiger partial charge >= 0.3 is 0 Å². The van der Waals surface area contributed by atoms with Gasteiger partial charge in [0, 0.05) is 12.7 Å². The van der Waals surface area contributed by atoms with Crippen LogP contribution in [0.1, 0.15) is 18.9 Å². The van der Waals surface area contributed by atoms with Crippen molar-refractivity contribution in [1.82, 2.24) is 10.3 Å². The Balaban J connectivity index is 2.03. The second-order valence-electron chi connectivity index (χ2n) is 4.22. The van der Waals surface area contributed by atoms with Gasteiger partial charge in [-0.1, -0.05) is 36.7 Å². The molecule has 0 spiro atoms. The van der Waals surface area contributed by atoms with Crippen molar-refractivity contribution >= 4 is 11.6 Å². The quantitative estimate of drug-likeness (QED) is 0.809. The van der Waals surface area contributed by atoms with Crippen molar-refractivity contribution in [3.63, 3.8) is 0 Å². The fourth-order valence-corrected chi connectivity index (χ4v) is 1.87. The third kappa shape index (κ3) is 4.23. The number of halogens is 1. The molecule has 1 aromatic carbocycles. The molecule has 0 unspecified atom stereocenters. The summed E-state index contributed by atoms with van der Waals surface area (Å²) >= 11 is 6.18. The minimum atomic E-state index is 0.437. The molecule has 0 aliphatic carbocycles. The third-order valence-corrected chi connectivity index (χ3v) is 2.85. The van der Waals surface area contributed by atoms with E-state index in [9.17, 15) is 0 Å². The highest BCUT2D eigenvalue weighted by molar-refractivity contribution is 6.31. The van der Waals surface area contributed by atoms with Crippen molar-refractivity contribution in [3.8, 4) is 11.6 Å². The molecule has 0 amide bonds. The molecular formula is C15H17ClN2O. The average molecular weight is 277 g/mol. The molecule has 0 bridgehead atoms. The van der Waals surface area contributed by atoms with Crippen LogP contribution in [0, 0.1) is 0 Å². The Morgan fingerprint density at radius 2 is 2.05 bits per heavy atom. The summed E-state index contributed by atoms with van der Waals surface area (Å²) in [5.41, 5.74) is 1.05. The maximum absolute atomic E-state index is 6.18. The fraction of sp³-hybridized carbons (Fsp3) is 0.267. The van der Waals surface area contributed by atoms with Crippen LogP contribution in [0.2, 0.25) is 5.02 Å². The van der Waals surface area contributed by atoms with Crippen LogP contribution in [0.25, 0.3) is 0 Å². The lowest BCUT2D eigenvalue weighted by Crippen LogP contribution is -2.13. The Labute approximate surface area is 118 Å². The van der Waals surface area contributed by atoms with Gasteiger partial charge in [-0.25, -0.2) is 4.98 Å². The van der Waals surface area contributed by atoms with Crippen LogP contribution in [0.15, 0.2) is 42.6 Å². The molecule has 0 aliphatic heterocycles. The number of hydrogen-bond donors (Lipinski definition) is 1. The lowest BCUT2D eigenvalue weighted by atomic mass is 10.3. The second kappa shape index (κ2) is 7.12. The lowest BCUT2D eigenvalue weighted by molar-refractivity contribution is 0.462. The summed E-state index contributed by atoms with van der Waals surface area (Å²) < 4.78 is 5.63. The first kappa shape index (κ1) is 13.8. The van der Waals surface area contributed by atoms with Gasteiger partial charge in [-0.3, -0.25) is 0 Å². The predicted molar refractivity (Wildman–Crippen MR) is 77.8 cm³/mol. The maximum atomic E-state index is 6.18. The Kier molecular flexibility index (Phi) is 5.19. The van der Waals surface area contributed by atoms with Crippen molar-refractivity contribution in [2.24, 2.45) is 0 Å². The van der Waals surface area contributed by atoms with Crippen LogP contribution in [0.4, 0.5) is 0 Å². The summed E-state index contributed by atoms with van der Waals surface area (Å²) in [5.74, 6) is 1.17. The minimum Gasteiger partial charge on any atom is -0.438 e. The first-order chi connectivity index (χ1) is 9.29. The summed E-state index contributed by atoms with van der Waals surface area (Å²) in [6.45, 7) is 3.89. The van der Waals surface area contributed by atoms with Gasteiger partial charge in [0.1, 0.15) is 10.8 Å². The van der Waals surface area contributed by atoms with Gasteiger partial charge in [0.15, 0.2) is 0 Å². The highest BCUT2D eigenvalue weighted by Crippen LogP contribution is 2.27. The molecule has 0 aliphatic rings. The standard InChI is InChI=1S/C15H17ClN2O/c1-2-8-17-10-12-9-14(16)15(18-11-12)19-13-6-4-3-5-7-13/h3-7,9,11,17H,2,8,10H2,1H3. The number of rotatable bonds is 6. The SMILES string of the molecule is CCCNCc1cnc(Oc2ccccc2)c(Cl)c1. The normalized spacial score (nSPS) is 10.4. The number of ether oxygens (including phenoxy) is 1. The molecule has 2 aromatic rings. The molecule has 1 N–H and O–H groups in total. The zero-order chi connectivity index (χ0) is 13.5. The fourth-order valence-electron chi connectivity index (χ4n) is 1.65. The Hall–Kier alpha value is -1.58. The van der Waals surface area contributed by atoms with Crippen LogP contribution in [0.5, 0.6) is 11.6 Å². The van der Waals surface area contributed by atoms with E-state index in [1.165, 1.54) is 0 Å². The summed E-state index contributed by atoms with van der Waals surface area (Å²) in [7, 11) is 0. The van der Waals surface area contributed by atoms with E-state index in [0.29, 0.717) is 10.9 Å². The largest absolute Gasteiger partial charge is 0.438 e. The number of aromatic nitrogens is 1. The van der Waals surface area contributed by atoms with Crippen molar-refractivity contribution in [3.05, 3.63) is 53.2 Å². The first-order valence-corrected chi connectivity index (χ1v) is 6.75.